The van der Waals surface area contributed by atoms with Crippen LogP contribution in [0.1, 0.15) is 42.4 Å². The van der Waals surface area contributed by atoms with Crippen molar-refractivity contribution in [3.8, 4) is 5.69 Å². The number of rotatable bonds is 6. The molecule has 7 heteroatoms. The normalized spacial score (nSPS) is 14.6. The maximum Gasteiger partial charge on any atom is 0.360 e. The van der Waals surface area contributed by atoms with Gasteiger partial charge in [0.25, 0.3) is 0 Å². The van der Waals surface area contributed by atoms with Crippen molar-refractivity contribution < 1.29 is 19.1 Å². The average molecular weight is 405 g/mol. The molecule has 0 bridgehead atoms. The predicted molar refractivity (Wildman–Crippen MR) is 112 cm³/mol. The Bertz CT molecular complexity index is 1060. The third-order valence-corrected chi connectivity index (χ3v) is 5.01. The maximum atomic E-state index is 12.7. The number of ether oxygens (including phenoxy) is 2. The van der Waals surface area contributed by atoms with Crippen LogP contribution in [0.4, 0.5) is 11.5 Å². The molecule has 1 aliphatic rings. The number of carbonyl (C=O) groups is 2. The molecule has 154 valence electrons. The summed E-state index contributed by atoms with van der Waals surface area (Å²) in [6.45, 7) is 4.10. The van der Waals surface area contributed by atoms with Gasteiger partial charge < -0.3 is 14.4 Å². The smallest absolute Gasteiger partial charge is 0.360 e. The van der Waals surface area contributed by atoms with Crippen LogP contribution in [0.25, 0.3) is 5.69 Å². The van der Waals surface area contributed by atoms with Crippen molar-refractivity contribution in [1.82, 2.24) is 9.55 Å². The maximum absolute atomic E-state index is 12.7. The lowest BCUT2D eigenvalue weighted by Gasteiger charge is -2.39. The fourth-order valence-electron chi connectivity index (χ4n) is 3.84. The Kier molecular flexibility index (Phi) is 5.52. The Morgan fingerprint density at radius 3 is 2.40 bits per heavy atom. The third-order valence-electron chi connectivity index (χ3n) is 5.01. The molecule has 7 nitrogen and oxygen atoms in total. The highest BCUT2D eigenvalue weighted by molar-refractivity contribution is 5.95. The SMILES string of the molecule is CCOC(=O)CC1c2ccccc2-n2cnc(C(=O)OCC)c2N1c1ccccc1. The molecule has 0 saturated heterocycles. The van der Waals surface area contributed by atoms with Gasteiger partial charge in [-0.25, -0.2) is 9.78 Å². The third kappa shape index (κ3) is 3.43. The number of nitrogens with zero attached hydrogens (tertiary/aromatic N) is 3. The second-order valence-electron chi connectivity index (χ2n) is 6.80. The van der Waals surface area contributed by atoms with Crippen molar-refractivity contribution >= 4 is 23.4 Å². The van der Waals surface area contributed by atoms with E-state index in [1.165, 1.54) is 0 Å². The van der Waals surface area contributed by atoms with Crippen LogP contribution < -0.4 is 4.90 Å². The van der Waals surface area contributed by atoms with Crippen LogP contribution in [0.2, 0.25) is 0 Å². The molecule has 0 radical (unpaired) electrons. The monoisotopic (exact) mass is 405 g/mol. The van der Waals surface area contributed by atoms with Crippen LogP contribution in [0, 0.1) is 0 Å². The lowest BCUT2D eigenvalue weighted by atomic mass is 9.96. The van der Waals surface area contributed by atoms with Gasteiger partial charge in [0.15, 0.2) is 11.5 Å². The van der Waals surface area contributed by atoms with E-state index in [-0.39, 0.29) is 30.7 Å². The summed E-state index contributed by atoms with van der Waals surface area (Å²) in [7, 11) is 0. The molecule has 0 fully saturated rings. The van der Waals surface area contributed by atoms with E-state index < -0.39 is 5.97 Å². The van der Waals surface area contributed by atoms with Gasteiger partial charge in [0.05, 0.1) is 31.4 Å². The number of anilines is 2. The molecule has 2 heterocycles. The molecule has 1 unspecified atom stereocenters. The number of carbonyl (C=O) groups excluding carboxylic acids is 2. The highest BCUT2D eigenvalue weighted by Crippen LogP contribution is 2.45. The highest BCUT2D eigenvalue weighted by atomic mass is 16.5. The Hall–Kier alpha value is -3.61. The zero-order chi connectivity index (χ0) is 21.1. The van der Waals surface area contributed by atoms with Gasteiger partial charge in [-0.1, -0.05) is 36.4 Å². The number of esters is 2. The number of benzene rings is 2. The zero-order valence-corrected chi connectivity index (χ0v) is 16.9. The van der Waals surface area contributed by atoms with Crippen molar-refractivity contribution in [3.05, 3.63) is 72.2 Å². The second-order valence-corrected chi connectivity index (χ2v) is 6.80. The lowest BCUT2D eigenvalue weighted by molar-refractivity contribution is -0.143. The molecular weight excluding hydrogens is 382 g/mol. The van der Waals surface area contributed by atoms with E-state index in [2.05, 4.69) is 4.98 Å². The number of imidazole rings is 1. The Labute approximate surface area is 174 Å². The number of hydrogen-bond donors (Lipinski definition) is 0. The van der Waals surface area contributed by atoms with E-state index in [9.17, 15) is 9.59 Å². The molecule has 1 aliphatic heterocycles. The largest absolute Gasteiger partial charge is 0.466 e. The molecule has 3 aromatic rings. The van der Waals surface area contributed by atoms with Gasteiger partial charge in [-0.15, -0.1) is 0 Å². The Morgan fingerprint density at radius 1 is 0.967 bits per heavy atom. The lowest BCUT2D eigenvalue weighted by Crippen LogP contribution is -2.33. The van der Waals surface area contributed by atoms with E-state index in [4.69, 9.17) is 9.47 Å². The molecule has 0 spiro atoms. The summed E-state index contributed by atoms with van der Waals surface area (Å²) in [4.78, 5) is 31.5. The van der Waals surface area contributed by atoms with E-state index in [1.807, 2.05) is 64.1 Å². The standard InChI is InChI=1S/C23H23N3O4/c1-3-29-20(27)14-19-17-12-8-9-13-18(17)25-15-24-21(23(28)30-4-2)22(25)26(19)16-10-6-5-7-11-16/h5-13,15,19H,3-4,14H2,1-2H3. The van der Waals surface area contributed by atoms with Crippen LogP contribution in [-0.4, -0.2) is 34.7 Å². The van der Waals surface area contributed by atoms with E-state index in [0.717, 1.165) is 16.9 Å². The van der Waals surface area contributed by atoms with Gasteiger partial charge in [-0.2, -0.15) is 0 Å². The minimum absolute atomic E-state index is 0.132. The van der Waals surface area contributed by atoms with Crippen molar-refractivity contribution in [1.29, 1.82) is 0 Å². The number of aromatic nitrogens is 2. The average Bonchev–Trinajstić information content (AvgIpc) is 3.20. The summed E-state index contributed by atoms with van der Waals surface area (Å²) in [5.74, 6) is -0.224. The van der Waals surface area contributed by atoms with Crippen molar-refractivity contribution in [2.45, 2.75) is 26.3 Å². The molecular formula is C23H23N3O4. The van der Waals surface area contributed by atoms with Crippen LogP contribution >= 0.6 is 0 Å². The fourth-order valence-corrected chi connectivity index (χ4v) is 3.84. The number of para-hydroxylation sites is 2. The molecule has 30 heavy (non-hydrogen) atoms. The molecule has 0 amide bonds. The van der Waals surface area contributed by atoms with Gasteiger partial charge >= 0.3 is 11.9 Å². The predicted octanol–water partition coefficient (Wildman–Crippen LogP) is 4.20. The van der Waals surface area contributed by atoms with Crippen molar-refractivity contribution in [2.75, 3.05) is 18.1 Å². The highest BCUT2D eigenvalue weighted by Gasteiger charge is 2.38. The minimum atomic E-state index is -0.499. The van der Waals surface area contributed by atoms with Gasteiger partial charge in [0, 0.05) is 5.69 Å². The molecule has 0 N–H and O–H groups in total. The van der Waals surface area contributed by atoms with Crippen LogP contribution in [0.5, 0.6) is 0 Å². The molecule has 0 aliphatic carbocycles. The molecule has 0 saturated carbocycles. The summed E-state index contributed by atoms with van der Waals surface area (Å²) in [5.41, 5.74) is 2.88. The zero-order valence-electron chi connectivity index (χ0n) is 16.9. The summed E-state index contributed by atoms with van der Waals surface area (Å²) in [6, 6.07) is 17.1. The molecule has 4 rings (SSSR count). The minimum Gasteiger partial charge on any atom is -0.466 e. The van der Waals surface area contributed by atoms with Gasteiger partial charge in [-0.3, -0.25) is 9.36 Å². The summed E-state index contributed by atoms with van der Waals surface area (Å²) >= 11 is 0. The summed E-state index contributed by atoms with van der Waals surface area (Å²) in [5, 5.41) is 0. The van der Waals surface area contributed by atoms with Crippen molar-refractivity contribution in [3.63, 3.8) is 0 Å². The van der Waals surface area contributed by atoms with Gasteiger partial charge in [-0.05, 0) is 37.6 Å². The van der Waals surface area contributed by atoms with Crippen LogP contribution in [0.15, 0.2) is 60.9 Å². The van der Waals surface area contributed by atoms with Crippen LogP contribution in [-0.2, 0) is 14.3 Å². The molecule has 2 aromatic carbocycles. The van der Waals surface area contributed by atoms with Crippen molar-refractivity contribution in [2.24, 2.45) is 0 Å². The van der Waals surface area contributed by atoms with E-state index in [1.54, 1.807) is 20.2 Å². The molecule has 1 atom stereocenters. The quantitative estimate of drug-likeness (QED) is 0.573. The summed E-state index contributed by atoms with van der Waals surface area (Å²) < 4.78 is 12.4. The van der Waals surface area contributed by atoms with Gasteiger partial charge in [0.1, 0.15) is 6.33 Å². The van der Waals surface area contributed by atoms with Crippen LogP contribution in [0.3, 0.4) is 0 Å². The van der Waals surface area contributed by atoms with E-state index in [0.29, 0.717) is 12.4 Å². The second kappa shape index (κ2) is 8.41. The first kappa shape index (κ1) is 19.7. The molecule has 1 aromatic heterocycles. The first-order valence-electron chi connectivity index (χ1n) is 9.99. The van der Waals surface area contributed by atoms with Gasteiger partial charge in [0.2, 0.25) is 0 Å². The fraction of sp³-hybridized carbons (Fsp3) is 0.261. The number of hydrogen-bond acceptors (Lipinski definition) is 6. The first-order valence-corrected chi connectivity index (χ1v) is 9.99. The topological polar surface area (TPSA) is 73.7 Å². The summed E-state index contributed by atoms with van der Waals surface area (Å²) in [6.07, 6.45) is 1.75. The van der Waals surface area contributed by atoms with E-state index >= 15 is 0 Å². The number of fused-ring (bicyclic) bond motifs is 3. The Morgan fingerprint density at radius 2 is 1.67 bits per heavy atom. The first-order chi connectivity index (χ1) is 14.7. The Balaban J connectivity index is 1.93.